The Morgan fingerprint density at radius 1 is 1.08 bits per heavy atom. The number of carboxylic acids is 1. The number of aliphatic imine (C=N–C) groups is 1. The fraction of sp³-hybridized carbons (Fsp3) is 0.125. The van der Waals surface area contributed by atoms with Gasteiger partial charge in [-0.3, -0.25) is 0 Å². The highest BCUT2D eigenvalue weighted by molar-refractivity contribution is 6.30. The summed E-state index contributed by atoms with van der Waals surface area (Å²) in [6, 6.07) is 14.7. The van der Waals surface area contributed by atoms with Crippen molar-refractivity contribution in [3.8, 4) is 5.75 Å². The van der Waals surface area contributed by atoms with Crippen LogP contribution in [0.15, 0.2) is 53.5 Å². The Morgan fingerprint density at radius 2 is 1.58 bits per heavy atom. The summed E-state index contributed by atoms with van der Waals surface area (Å²) in [5.74, 6) is -1.97. The highest BCUT2D eigenvalue weighted by Crippen LogP contribution is 2.19. The zero-order chi connectivity index (χ0) is 19.7. The fourth-order valence-corrected chi connectivity index (χ4v) is 1.64. The fourth-order valence-electron chi connectivity index (χ4n) is 1.51. The summed E-state index contributed by atoms with van der Waals surface area (Å²) in [6.45, 7) is 0.485. The summed E-state index contributed by atoms with van der Waals surface area (Å²) in [7, 11) is 0. The van der Waals surface area contributed by atoms with Crippen molar-refractivity contribution >= 4 is 29.2 Å². The third-order valence-electron chi connectivity index (χ3n) is 2.66. The molecule has 0 aromatic heterocycles. The number of halogens is 4. The maximum atomic E-state index is 10.6. The van der Waals surface area contributed by atoms with Crippen LogP contribution in [0.1, 0.15) is 5.56 Å². The first-order valence-electron chi connectivity index (χ1n) is 6.95. The van der Waals surface area contributed by atoms with Crippen molar-refractivity contribution in [1.29, 1.82) is 0 Å². The van der Waals surface area contributed by atoms with Gasteiger partial charge in [0.05, 0.1) is 5.69 Å². The van der Waals surface area contributed by atoms with Gasteiger partial charge < -0.3 is 21.3 Å². The van der Waals surface area contributed by atoms with Crippen molar-refractivity contribution in [3.63, 3.8) is 0 Å². The zero-order valence-corrected chi connectivity index (χ0v) is 14.0. The third kappa shape index (κ3) is 8.25. The van der Waals surface area contributed by atoms with Gasteiger partial charge >= 0.3 is 12.1 Å². The highest BCUT2D eigenvalue weighted by Gasteiger charge is 2.38. The molecule has 0 bridgehead atoms. The molecular weight excluding hydrogens is 375 g/mol. The predicted octanol–water partition coefficient (Wildman–Crippen LogP) is 3.46. The van der Waals surface area contributed by atoms with Crippen LogP contribution in [0.2, 0.25) is 5.02 Å². The van der Waals surface area contributed by atoms with E-state index in [0.717, 1.165) is 11.3 Å². The predicted molar refractivity (Wildman–Crippen MR) is 91.4 cm³/mol. The number of rotatable bonds is 4. The molecule has 0 aliphatic rings. The summed E-state index contributed by atoms with van der Waals surface area (Å²) < 4.78 is 37.4. The molecule has 26 heavy (non-hydrogen) atoms. The molecule has 2 rings (SSSR count). The van der Waals surface area contributed by atoms with Crippen molar-refractivity contribution in [3.05, 3.63) is 59.1 Å². The molecule has 140 valence electrons. The van der Waals surface area contributed by atoms with E-state index in [4.69, 9.17) is 37.7 Å². The van der Waals surface area contributed by atoms with Crippen molar-refractivity contribution in [2.45, 2.75) is 12.8 Å². The normalized spacial score (nSPS) is 10.3. The largest absolute Gasteiger partial charge is 0.490 e. The lowest BCUT2D eigenvalue weighted by atomic mass is 10.2. The highest BCUT2D eigenvalue weighted by atomic mass is 35.5. The molecular formula is C16H15ClF3N3O3. The van der Waals surface area contributed by atoms with Crippen molar-refractivity contribution < 1.29 is 27.8 Å². The second kappa shape index (κ2) is 9.52. The Bertz CT molecular complexity index is 744. The maximum Gasteiger partial charge on any atom is 0.490 e. The van der Waals surface area contributed by atoms with Gasteiger partial charge in [-0.05, 0) is 42.0 Å². The second-order valence-corrected chi connectivity index (χ2v) is 5.19. The van der Waals surface area contributed by atoms with E-state index in [0.29, 0.717) is 17.3 Å². The number of alkyl halides is 3. The minimum Gasteiger partial charge on any atom is -0.489 e. The summed E-state index contributed by atoms with van der Waals surface area (Å²) in [4.78, 5) is 12.8. The summed E-state index contributed by atoms with van der Waals surface area (Å²) in [6.07, 6.45) is -5.08. The van der Waals surface area contributed by atoms with E-state index in [1.54, 1.807) is 12.1 Å². The molecule has 6 nitrogen and oxygen atoms in total. The lowest BCUT2D eigenvalue weighted by molar-refractivity contribution is -0.192. The standard InChI is InChI=1S/C14H14ClN3O.C2HF3O2/c15-11-3-1-10(2-4-11)9-19-13-7-5-12(6-8-13)18-14(16)17;3-2(4,5)1(6)7/h1-8H,9H2,(H4,16,17,18);(H,6,7). The van der Waals surface area contributed by atoms with Crippen LogP contribution in [0.3, 0.4) is 0 Å². The first-order valence-corrected chi connectivity index (χ1v) is 7.33. The molecule has 0 fully saturated rings. The molecule has 0 aliphatic heterocycles. The van der Waals surface area contributed by atoms with E-state index in [-0.39, 0.29) is 5.96 Å². The van der Waals surface area contributed by atoms with Gasteiger partial charge in [0.2, 0.25) is 0 Å². The smallest absolute Gasteiger partial charge is 0.489 e. The van der Waals surface area contributed by atoms with Gasteiger partial charge in [0.1, 0.15) is 12.4 Å². The Balaban J connectivity index is 0.000000412. The first kappa shape index (κ1) is 21.1. The van der Waals surface area contributed by atoms with Gasteiger partial charge in [-0.2, -0.15) is 13.2 Å². The lowest BCUT2D eigenvalue weighted by Gasteiger charge is -2.06. The SMILES string of the molecule is NC(N)=Nc1ccc(OCc2ccc(Cl)cc2)cc1.O=C(O)C(F)(F)F. The minimum absolute atomic E-state index is 0.0369. The first-order chi connectivity index (χ1) is 12.1. The van der Waals surface area contributed by atoms with Crippen LogP contribution in [0.5, 0.6) is 5.75 Å². The minimum atomic E-state index is -5.08. The summed E-state index contributed by atoms with van der Waals surface area (Å²) >= 11 is 5.81. The number of ether oxygens (including phenoxy) is 1. The molecule has 0 spiro atoms. The number of carboxylic acid groups (broad SMARTS) is 1. The monoisotopic (exact) mass is 389 g/mol. The van der Waals surface area contributed by atoms with E-state index in [9.17, 15) is 13.2 Å². The molecule has 2 aromatic carbocycles. The van der Waals surface area contributed by atoms with E-state index < -0.39 is 12.1 Å². The molecule has 0 saturated heterocycles. The quantitative estimate of drug-likeness (QED) is 0.547. The third-order valence-corrected chi connectivity index (χ3v) is 2.91. The number of hydrogen-bond acceptors (Lipinski definition) is 3. The van der Waals surface area contributed by atoms with Crippen LogP contribution in [-0.4, -0.2) is 23.2 Å². The van der Waals surface area contributed by atoms with Crippen molar-refractivity contribution in [1.82, 2.24) is 0 Å². The number of nitrogens with two attached hydrogens (primary N) is 2. The average Bonchev–Trinajstić information content (AvgIpc) is 2.55. The van der Waals surface area contributed by atoms with Gasteiger partial charge in [0.15, 0.2) is 5.96 Å². The Morgan fingerprint density at radius 3 is 2.00 bits per heavy atom. The molecule has 0 radical (unpaired) electrons. The zero-order valence-electron chi connectivity index (χ0n) is 13.2. The number of aliphatic carboxylic acids is 1. The summed E-state index contributed by atoms with van der Waals surface area (Å²) in [5, 5.41) is 7.84. The second-order valence-electron chi connectivity index (χ2n) is 4.75. The van der Waals surface area contributed by atoms with Crippen LogP contribution in [0.25, 0.3) is 0 Å². The molecule has 0 aliphatic carbocycles. The Hall–Kier alpha value is -2.94. The number of hydrogen-bond donors (Lipinski definition) is 3. The van der Waals surface area contributed by atoms with Gasteiger partial charge in [0, 0.05) is 5.02 Å². The molecule has 0 atom stereocenters. The van der Waals surface area contributed by atoms with Gasteiger partial charge in [-0.25, -0.2) is 9.79 Å². The van der Waals surface area contributed by atoms with Crippen molar-refractivity contribution in [2.75, 3.05) is 0 Å². The molecule has 0 amide bonds. The van der Waals surface area contributed by atoms with Gasteiger partial charge in [0.25, 0.3) is 0 Å². The van der Waals surface area contributed by atoms with E-state index >= 15 is 0 Å². The molecule has 2 aromatic rings. The number of nitrogens with zero attached hydrogens (tertiary/aromatic N) is 1. The molecule has 0 heterocycles. The number of benzene rings is 2. The lowest BCUT2D eigenvalue weighted by Crippen LogP contribution is -2.21. The molecule has 5 N–H and O–H groups in total. The van der Waals surface area contributed by atoms with Crippen LogP contribution in [-0.2, 0) is 11.4 Å². The Kier molecular flexibility index (Phi) is 7.73. The van der Waals surface area contributed by atoms with Gasteiger partial charge in [-0.1, -0.05) is 23.7 Å². The summed E-state index contributed by atoms with van der Waals surface area (Å²) in [5.41, 5.74) is 12.3. The van der Waals surface area contributed by atoms with Crippen LogP contribution in [0.4, 0.5) is 18.9 Å². The van der Waals surface area contributed by atoms with Crippen LogP contribution < -0.4 is 16.2 Å². The number of guanidine groups is 1. The van der Waals surface area contributed by atoms with E-state index in [1.807, 2.05) is 36.4 Å². The van der Waals surface area contributed by atoms with E-state index in [2.05, 4.69) is 4.99 Å². The number of carbonyl (C=O) groups is 1. The molecule has 0 unspecified atom stereocenters. The van der Waals surface area contributed by atoms with Crippen LogP contribution >= 0.6 is 11.6 Å². The molecule has 0 saturated carbocycles. The maximum absolute atomic E-state index is 10.6. The van der Waals surface area contributed by atoms with Crippen molar-refractivity contribution in [2.24, 2.45) is 16.5 Å². The van der Waals surface area contributed by atoms with E-state index in [1.165, 1.54) is 0 Å². The topological polar surface area (TPSA) is 111 Å². The average molecular weight is 390 g/mol. The van der Waals surface area contributed by atoms with Crippen LogP contribution in [0, 0.1) is 0 Å². The molecule has 10 heteroatoms. The van der Waals surface area contributed by atoms with Gasteiger partial charge in [-0.15, -0.1) is 0 Å². The Labute approximate surface area is 151 Å².